The predicted molar refractivity (Wildman–Crippen MR) is 81.9 cm³/mol. The summed E-state index contributed by atoms with van der Waals surface area (Å²) in [6, 6.07) is 4.00. The van der Waals surface area contributed by atoms with Gasteiger partial charge in [-0.15, -0.1) is 0 Å². The van der Waals surface area contributed by atoms with Gasteiger partial charge in [0, 0.05) is 24.5 Å². The van der Waals surface area contributed by atoms with Crippen LogP contribution in [0.5, 0.6) is 0 Å². The molecule has 0 aliphatic heterocycles. The maximum atomic E-state index is 12.2. The van der Waals surface area contributed by atoms with Crippen molar-refractivity contribution in [3.8, 4) is 0 Å². The van der Waals surface area contributed by atoms with Crippen molar-refractivity contribution in [2.24, 2.45) is 5.41 Å². The van der Waals surface area contributed by atoms with Crippen LogP contribution >= 0.6 is 0 Å². The van der Waals surface area contributed by atoms with Crippen LogP contribution in [0.1, 0.15) is 56.9 Å². The van der Waals surface area contributed by atoms with Gasteiger partial charge in [0.15, 0.2) is 0 Å². The Balaban J connectivity index is 1.95. The number of amides is 1. The molecule has 110 valence electrons. The first-order valence-corrected chi connectivity index (χ1v) is 7.51. The third-order valence-corrected chi connectivity index (χ3v) is 3.88. The minimum atomic E-state index is -0.0622. The number of nitrogens with one attached hydrogen (secondary N) is 2. The number of carbonyl (C=O) groups excluding carboxylic acids is 1. The molecule has 0 radical (unpaired) electrons. The summed E-state index contributed by atoms with van der Waals surface area (Å²) >= 11 is 0. The van der Waals surface area contributed by atoms with Crippen molar-refractivity contribution in [2.45, 2.75) is 52.5 Å². The average molecular weight is 275 g/mol. The highest BCUT2D eigenvalue weighted by molar-refractivity contribution is 5.93. The average Bonchev–Trinajstić information content (AvgIpc) is 2.76. The summed E-state index contributed by atoms with van der Waals surface area (Å²) in [7, 11) is 0. The summed E-state index contributed by atoms with van der Waals surface area (Å²) < 4.78 is 0. The van der Waals surface area contributed by atoms with E-state index in [0.717, 1.165) is 31.5 Å². The van der Waals surface area contributed by atoms with E-state index in [-0.39, 0.29) is 11.9 Å². The molecular formula is C16H25N3O. The number of hydrogen-bond acceptors (Lipinski definition) is 3. The fourth-order valence-corrected chi connectivity index (χ4v) is 2.75. The Bertz CT molecular complexity index is 471. The quantitative estimate of drug-likeness (QED) is 0.867. The number of hydrogen-bond donors (Lipinski definition) is 2. The van der Waals surface area contributed by atoms with Crippen LogP contribution in [-0.4, -0.2) is 23.5 Å². The first-order chi connectivity index (χ1) is 9.50. The molecule has 0 aromatic carbocycles. The minimum Gasteiger partial charge on any atom is -0.385 e. The summed E-state index contributed by atoms with van der Waals surface area (Å²) in [6.45, 7) is 7.53. The molecule has 1 heterocycles. The van der Waals surface area contributed by atoms with E-state index in [1.54, 1.807) is 6.20 Å². The number of anilines is 1. The normalized spacial score (nSPS) is 20.6. The second-order valence-electron chi connectivity index (χ2n) is 6.43. The zero-order valence-electron chi connectivity index (χ0n) is 12.7. The largest absolute Gasteiger partial charge is 0.385 e. The molecule has 1 aliphatic rings. The molecule has 0 saturated heterocycles. The number of pyridine rings is 1. The monoisotopic (exact) mass is 275 g/mol. The molecule has 1 aromatic rings. The van der Waals surface area contributed by atoms with E-state index in [0.29, 0.717) is 11.1 Å². The van der Waals surface area contributed by atoms with Crippen molar-refractivity contribution in [3.63, 3.8) is 0 Å². The summed E-state index contributed by atoms with van der Waals surface area (Å²) in [5.41, 5.74) is 1.80. The lowest BCUT2D eigenvalue weighted by Crippen LogP contribution is -2.34. The molecule has 2 N–H and O–H groups in total. The maximum absolute atomic E-state index is 12.2. The molecule has 1 amide bonds. The second-order valence-corrected chi connectivity index (χ2v) is 6.43. The first-order valence-electron chi connectivity index (χ1n) is 7.51. The highest BCUT2D eigenvalue weighted by Gasteiger charge is 2.31. The van der Waals surface area contributed by atoms with Gasteiger partial charge in [0.05, 0.1) is 0 Å². The molecule has 0 spiro atoms. The molecule has 1 saturated carbocycles. The Morgan fingerprint density at radius 2 is 2.30 bits per heavy atom. The van der Waals surface area contributed by atoms with Crippen molar-refractivity contribution in [2.75, 3.05) is 11.9 Å². The number of rotatable bonds is 5. The lowest BCUT2D eigenvalue weighted by Gasteiger charge is -2.17. The van der Waals surface area contributed by atoms with Gasteiger partial charge in [-0.25, -0.2) is 0 Å². The van der Waals surface area contributed by atoms with Gasteiger partial charge in [0.1, 0.15) is 5.69 Å². The van der Waals surface area contributed by atoms with Gasteiger partial charge in [-0.2, -0.15) is 0 Å². The van der Waals surface area contributed by atoms with Gasteiger partial charge in [-0.1, -0.05) is 20.8 Å². The van der Waals surface area contributed by atoms with E-state index >= 15 is 0 Å². The molecule has 4 heteroatoms. The van der Waals surface area contributed by atoms with Crippen LogP contribution in [-0.2, 0) is 0 Å². The van der Waals surface area contributed by atoms with Crippen molar-refractivity contribution in [1.82, 2.24) is 10.3 Å². The Hall–Kier alpha value is -1.58. The van der Waals surface area contributed by atoms with Crippen LogP contribution in [0.15, 0.2) is 18.3 Å². The summed E-state index contributed by atoms with van der Waals surface area (Å²) in [6.07, 6.45) is 6.02. The molecule has 1 aliphatic carbocycles. The van der Waals surface area contributed by atoms with E-state index in [1.165, 1.54) is 6.42 Å². The van der Waals surface area contributed by atoms with Gasteiger partial charge in [-0.3, -0.25) is 9.78 Å². The summed E-state index contributed by atoms with van der Waals surface area (Å²) in [5.74, 6) is -0.0622. The van der Waals surface area contributed by atoms with Crippen molar-refractivity contribution < 1.29 is 4.79 Å². The van der Waals surface area contributed by atoms with Gasteiger partial charge < -0.3 is 10.6 Å². The lowest BCUT2D eigenvalue weighted by molar-refractivity contribution is 0.0931. The molecule has 4 nitrogen and oxygen atoms in total. The Kier molecular flexibility index (Phi) is 4.63. The molecule has 1 atom stereocenters. The van der Waals surface area contributed by atoms with E-state index in [2.05, 4.69) is 36.4 Å². The Labute approximate surface area is 121 Å². The van der Waals surface area contributed by atoms with Gasteiger partial charge in [-0.05, 0) is 43.2 Å². The van der Waals surface area contributed by atoms with Gasteiger partial charge >= 0.3 is 0 Å². The van der Waals surface area contributed by atoms with Crippen molar-refractivity contribution >= 4 is 11.6 Å². The predicted octanol–water partition coefficient (Wildman–Crippen LogP) is 3.21. The Morgan fingerprint density at radius 3 is 2.95 bits per heavy atom. The molecule has 1 aromatic heterocycles. The van der Waals surface area contributed by atoms with Crippen LogP contribution in [0.2, 0.25) is 0 Å². The van der Waals surface area contributed by atoms with Crippen molar-refractivity contribution in [3.05, 3.63) is 24.0 Å². The van der Waals surface area contributed by atoms with Gasteiger partial charge in [0.25, 0.3) is 5.91 Å². The first kappa shape index (κ1) is 14.8. The fourth-order valence-electron chi connectivity index (χ4n) is 2.75. The number of carbonyl (C=O) groups is 1. The molecule has 1 fully saturated rings. The van der Waals surface area contributed by atoms with E-state index in [4.69, 9.17) is 0 Å². The fraction of sp³-hybridized carbons (Fsp3) is 0.625. The molecular weight excluding hydrogens is 250 g/mol. The number of nitrogens with zero attached hydrogens (tertiary/aromatic N) is 1. The summed E-state index contributed by atoms with van der Waals surface area (Å²) in [4.78, 5) is 16.4. The topological polar surface area (TPSA) is 54.0 Å². The van der Waals surface area contributed by atoms with Crippen LogP contribution in [0.25, 0.3) is 0 Å². The van der Waals surface area contributed by atoms with Crippen LogP contribution < -0.4 is 10.6 Å². The lowest BCUT2D eigenvalue weighted by atomic mass is 9.92. The third kappa shape index (κ3) is 3.95. The summed E-state index contributed by atoms with van der Waals surface area (Å²) in [5, 5.41) is 6.38. The molecule has 0 bridgehead atoms. The van der Waals surface area contributed by atoms with Crippen LogP contribution in [0.3, 0.4) is 0 Å². The molecule has 2 rings (SSSR count). The van der Waals surface area contributed by atoms with E-state index < -0.39 is 0 Å². The van der Waals surface area contributed by atoms with Crippen molar-refractivity contribution in [1.29, 1.82) is 0 Å². The second kappa shape index (κ2) is 6.25. The van der Waals surface area contributed by atoms with E-state index in [9.17, 15) is 4.79 Å². The molecule has 20 heavy (non-hydrogen) atoms. The molecule has 1 unspecified atom stereocenters. The van der Waals surface area contributed by atoms with Crippen LogP contribution in [0.4, 0.5) is 5.69 Å². The van der Waals surface area contributed by atoms with Crippen LogP contribution in [0, 0.1) is 5.41 Å². The third-order valence-electron chi connectivity index (χ3n) is 3.88. The highest BCUT2D eigenvalue weighted by atomic mass is 16.1. The smallest absolute Gasteiger partial charge is 0.270 e. The maximum Gasteiger partial charge on any atom is 0.270 e. The SMILES string of the molecule is CCCNc1ccnc(C(=O)NC2CCC(C)(C)C2)c1. The number of aromatic nitrogens is 1. The highest BCUT2D eigenvalue weighted by Crippen LogP contribution is 2.36. The zero-order chi connectivity index (χ0) is 14.6. The van der Waals surface area contributed by atoms with Gasteiger partial charge in [0.2, 0.25) is 0 Å². The Morgan fingerprint density at radius 1 is 1.50 bits per heavy atom. The minimum absolute atomic E-state index is 0.0622. The standard InChI is InChI=1S/C16H25N3O/c1-4-8-17-12-6-9-18-14(10-12)15(20)19-13-5-7-16(2,3)11-13/h6,9-10,13H,4-5,7-8,11H2,1-3H3,(H,17,18)(H,19,20). The van der Waals surface area contributed by atoms with E-state index in [1.807, 2.05) is 12.1 Å². The zero-order valence-corrected chi connectivity index (χ0v) is 12.7.